The van der Waals surface area contributed by atoms with E-state index in [9.17, 15) is 10.1 Å². The maximum atomic E-state index is 11.1. The van der Waals surface area contributed by atoms with E-state index in [0.717, 1.165) is 0 Å². The Hall–Kier alpha value is -2.13. The third-order valence-corrected chi connectivity index (χ3v) is 2.81. The van der Waals surface area contributed by atoms with Crippen molar-refractivity contribution in [3.05, 3.63) is 80.9 Å². The van der Waals surface area contributed by atoms with Crippen LogP contribution in [0.4, 0.5) is 0 Å². The third-order valence-electron chi connectivity index (χ3n) is 2.46. The molecule has 0 aliphatic heterocycles. The fourth-order valence-electron chi connectivity index (χ4n) is 1.59. The zero-order chi connectivity index (χ0) is 13.0. The SMILES string of the molecule is O=[N+]([O-])C(=Cc1ccccc1Cl)c1ccccc1. The fraction of sp³-hybridized carbons (Fsp3) is 0. The average molecular weight is 260 g/mol. The summed E-state index contributed by atoms with van der Waals surface area (Å²) in [5.41, 5.74) is 1.22. The molecule has 0 aromatic heterocycles. The number of hydrogen-bond acceptors (Lipinski definition) is 2. The topological polar surface area (TPSA) is 43.1 Å². The van der Waals surface area contributed by atoms with Crippen LogP contribution in [0.15, 0.2) is 54.6 Å². The molecule has 0 saturated carbocycles. The summed E-state index contributed by atoms with van der Waals surface area (Å²) >= 11 is 5.99. The number of rotatable bonds is 3. The lowest BCUT2D eigenvalue weighted by Gasteiger charge is -2.00. The van der Waals surface area contributed by atoms with Gasteiger partial charge in [-0.15, -0.1) is 0 Å². The van der Waals surface area contributed by atoms with Crippen molar-refractivity contribution in [2.75, 3.05) is 0 Å². The summed E-state index contributed by atoms with van der Waals surface area (Å²) < 4.78 is 0. The number of nitro groups is 1. The lowest BCUT2D eigenvalue weighted by molar-refractivity contribution is -0.374. The first kappa shape index (κ1) is 12.3. The molecular formula is C14H10ClNO2. The molecular weight excluding hydrogens is 250 g/mol. The molecule has 4 heteroatoms. The first-order valence-electron chi connectivity index (χ1n) is 5.34. The Morgan fingerprint density at radius 2 is 1.67 bits per heavy atom. The number of nitrogens with zero attached hydrogens (tertiary/aromatic N) is 1. The lowest BCUT2D eigenvalue weighted by Crippen LogP contribution is -1.97. The van der Waals surface area contributed by atoms with E-state index in [1.54, 1.807) is 48.5 Å². The first-order chi connectivity index (χ1) is 8.68. The minimum absolute atomic E-state index is 0.0312. The van der Waals surface area contributed by atoms with Crippen LogP contribution in [0.3, 0.4) is 0 Å². The highest BCUT2D eigenvalue weighted by Gasteiger charge is 2.14. The monoisotopic (exact) mass is 259 g/mol. The Morgan fingerprint density at radius 3 is 2.28 bits per heavy atom. The molecule has 90 valence electrons. The molecule has 0 aliphatic rings. The molecule has 0 radical (unpaired) electrons. The molecule has 0 N–H and O–H groups in total. The van der Waals surface area contributed by atoms with Crippen LogP contribution in [0.25, 0.3) is 11.8 Å². The highest BCUT2D eigenvalue weighted by atomic mass is 35.5. The molecule has 2 rings (SSSR count). The van der Waals surface area contributed by atoms with Crippen LogP contribution in [-0.2, 0) is 0 Å². The number of benzene rings is 2. The second-order valence-electron chi connectivity index (χ2n) is 3.67. The van der Waals surface area contributed by atoms with Crippen molar-refractivity contribution in [3.8, 4) is 0 Å². The highest BCUT2D eigenvalue weighted by molar-refractivity contribution is 6.32. The van der Waals surface area contributed by atoms with E-state index in [0.29, 0.717) is 16.1 Å². The second kappa shape index (κ2) is 5.47. The molecule has 0 unspecified atom stereocenters. The maximum Gasteiger partial charge on any atom is 0.277 e. The Kier molecular flexibility index (Phi) is 3.75. The van der Waals surface area contributed by atoms with E-state index < -0.39 is 4.92 Å². The van der Waals surface area contributed by atoms with Gasteiger partial charge in [0.1, 0.15) is 0 Å². The maximum absolute atomic E-state index is 11.1. The van der Waals surface area contributed by atoms with Crippen molar-refractivity contribution in [2.24, 2.45) is 0 Å². The summed E-state index contributed by atoms with van der Waals surface area (Å²) in [4.78, 5) is 10.7. The molecule has 3 nitrogen and oxygen atoms in total. The molecule has 2 aromatic rings. The van der Waals surface area contributed by atoms with E-state index in [1.165, 1.54) is 6.08 Å². The molecule has 0 heterocycles. The van der Waals surface area contributed by atoms with Gasteiger partial charge in [-0.2, -0.15) is 0 Å². The van der Waals surface area contributed by atoms with Gasteiger partial charge in [0.15, 0.2) is 0 Å². The van der Waals surface area contributed by atoms with E-state index in [1.807, 2.05) is 6.07 Å². The summed E-state index contributed by atoms with van der Waals surface area (Å²) in [6, 6.07) is 15.8. The van der Waals surface area contributed by atoms with Crippen LogP contribution in [0.2, 0.25) is 5.02 Å². The summed E-state index contributed by atoms with van der Waals surface area (Å²) in [7, 11) is 0. The molecule has 0 fully saturated rings. The highest BCUT2D eigenvalue weighted by Crippen LogP contribution is 2.23. The standard InChI is InChI=1S/C14H10ClNO2/c15-13-9-5-4-8-12(13)10-14(16(17)18)11-6-2-1-3-7-11/h1-10H. The van der Waals surface area contributed by atoms with Gasteiger partial charge in [-0.1, -0.05) is 48.0 Å². The van der Waals surface area contributed by atoms with E-state index in [4.69, 9.17) is 11.6 Å². The zero-order valence-corrected chi connectivity index (χ0v) is 10.2. The van der Waals surface area contributed by atoms with Crippen molar-refractivity contribution >= 4 is 23.4 Å². The minimum atomic E-state index is -0.404. The van der Waals surface area contributed by atoms with E-state index >= 15 is 0 Å². The molecule has 0 saturated heterocycles. The van der Waals surface area contributed by atoms with Crippen molar-refractivity contribution in [2.45, 2.75) is 0 Å². The van der Waals surface area contributed by atoms with Gasteiger partial charge in [0.05, 0.1) is 10.5 Å². The quantitative estimate of drug-likeness (QED) is 0.473. The van der Waals surface area contributed by atoms with Gasteiger partial charge in [0.2, 0.25) is 0 Å². The largest absolute Gasteiger partial charge is 0.277 e. The van der Waals surface area contributed by atoms with Crippen LogP contribution in [0.1, 0.15) is 11.1 Å². The molecule has 0 amide bonds. The van der Waals surface area contributed by atoms with Gasteiger partial charge in [-0.3, -0.25) is 10.1 Å². The summed E-state index contributed by atoms with van der Waals surface area (Å²) in [5.74, 6) is 0. The number of hydrogen-bond donors (Lipinski definition) is 0. The fourth-order valence-corrected chi connectivity index (χ4v) is 1.78. The van der Waals surface area contributed by atoms with Crippen molar-refractivity contribution in [1.82, 2.24) is 0 Å². The molecule has 2 aromatic carbocycles. The van der Waals surface area contributed by atoms with Crippen LogP contribution < -0.4 is 0 Å². The minimum Gasteiger partial charge on any atom is -0.258 e. The summed E-state index contributed by atoms with van der Waals surface area (Å²) in [5, 5.41) is 11.6. The molecule has 0 aliphatic carbocycles. The van der Waals surface area contributed by atoms with Crippen LogP contribution in [0, 0.1) is 10.1 Å². The van der Waals surface area contributed by atoms with E-state index in [2.05, 4.69) is 0 Å². The lowest BCUT2D eigenvalue weighted by atomic mass is 10.1. The van der Waals surface area contributed by atoms with Gasteiger partial charge in [-0.05, 0) is 23.8 Å². The predicted molar refractivity (Wildman–Crippen MR) is 72.8 cm³/mol. The number of halogens is 1. The normalized spacial score (nSPS) is 11.3. The molecule has 0 bridgehead atoms. The first-order valence-corrected chi connectivity index (χ1v) is 5.72. The summed E-state index contributed by atoms with van der Waals surface area (Å²) in [6.45, 7) is 0. The predicted octanol–water partition coefficient (Wildman–Crippen LogP) is 4.11. The van der Waals surface area contributed by atoms with Crippen LogP contribution in [0.5, 0.6) is 0 Å². The van der Waals surface area contributed by atoms with Crippen LogP contribution in [-0.4, -0.2) is 4.92 Å². The Morgan fingerprint density at radius 1 is 1.06 bits per heavy atom. The van der Waals surface area contributed by atoms with Gasteiger partial charge in [0, 0.05) is 11.1 Å². The molecule has 18 heavy (non-hydrogen) atoms. The summed E-state index contributed by atoms with van der Waals surface area (Å²) in [6.07, 6.45) is 1.48. The van der Waals surface area contributed by atoms with E-state index in [-0.39, 0.29) is 5.70 Å². The third kappa shape index (κ3) is 2.76. The Balaban J connectivity index is 2.50. The smallest absolute Gasteiger partial charge is 0.258 e. The van der Waals surface area contributed by atoms with Gasteiger partial charge in [0.25, 0.3) is 5.70 Å². The second-order valence-corrected chi connectivity index (χ2v) is 4.08. The van der Waals surface area contributed by atoms with Crippen molar-refractivity contribution in [1.29, 1.82) is 0 Å². The van der Waals surface area contributed by atoms with Gasteiger partial charge < -0.3 is 0 Å². The average Bonchev–Trinajstić information content (AvgIpc) is 2.38. The molecule has 0 spiro atoms. The van der Waals surface area contributed by atoms with Gasteiger partial charge in [-0.25, -0.2) is 0 Å². The Labute approximate surface area is 109 Å². The Bertz CT molecular complexity index is 594. The zero-order valence-electron chi connectivity index (χ0n) is 9.42. The van der Waals surface area contributed by atoms with Crippen LogP contribution >= 0.6 is 11.6 Å². The van der Waals surface area contributed by atoms with Crippen molar-refractivity contribution in [3.63, 3.8) is 0 Å². The van der Waals surface area contributed by atoms with Gasteiger partial charge >= 0.3 is 0 Å². The molecule has 0 atom stereocenters. The van der Waals surface area contributed by atoms with Crippen molar-refractivity contribution < 1.29 is 4.92 Å².